The zero-order valence-electron chi connectivity index (χ0n) is 15.3. The fourth-order valence-electron chi connectivity index (χ4n) is 4.55. The van der Waals surface area contributed by atoms with E-state index in [1.165, 1.54) is 22.4 Å². The highest BCUT2D eigenvalue weighted by molar-refractivity contribution is 8.00. The molecular weight excluding hydrogens is 392 g/mol. The molecule has 0 amide bonds. The Morgan fingerprint density at radius 1 is 1.07 bits per heavy atom. The highest BCUT2D eigenvalue weighted by Crippen LogP contribution is 2.61. The molecule has 28 heavy (non-hydrogen) atoms. The lowest BCUT2D eigenvalue weighted by atomic mass is 9.96. The maximum atomic E-state index is 10.9. The summed E-state index contributed by atoms with van der Waals surface area (Å²) in [5.41, 5.74) is 5.32. The Bertz CT molecular complexity index is 1050. The molecule has 5 rings (SSSR count). The van der Waals surface area contributed by atoms with Crippen LogP contribution in [0.5, 0.6) is 0 Å². The molecule has 0 saturated heterocycles. The van der Waals surface area contributed by atoms with Crippen LogP contribution in [0.2, 0.25) is 0 Å². The SMILES string of the molecule is Cc1ccc(-n2cc3c(c2)[C@@H]2C[C@@H](Cl)[C@H]3[C@H]2Sc2ccc([N+](=O)[O-])cc2)cc1. The van der Waals surface area contributed by atoms with Crippen LogP contribution >= 0.6 is 23.4 Å². The Balaban J connectivity index is 1.42. The number of alkyl halides is 1. The van der Waals surface area contributed by atoms with Crippen LogP contribution in [0.1, 0.15) is 34.9 Å². The first kappa shape index (κ1) is 17.8. The molecule has 2 bridgehead atoms. The van der Waals surface area contributed by atoms with Crippen LogP contribution in [0.25, 0.3) is 5.69 Å². The van der Waals surface area contributed by atoms with Gasteiger partial charge >= 0.3 is 0 Å². The van der Waals surface area contributed by atoms with Crippen molar-refractivity contribution in [2.45, 2.75) is 40.7 Å². The van der Waals surface area contributed by atoms with Gasteiger partial charge in [0.15, 0.2) is 0 Å². The lowest BCUT2D eigenvalue weighted by Gasteiger charge is -2.18. The van der Waals surface area contributed by atoms with Crippen LogP contribution in [0.15, 0.2) is 65.8 Å². The number of thioether (sulfide) groups is 1. The smallest absolute Gasteiger partial charge is 0.269 e. The second kappa shape index (κ2) is 6.68. The molecule has 1 fully saturated rings. The van der Waals surface area contributed by atoms with Crippen LogP contribution in [0, 0.1) is 17.0 Å². The van der Waals surface area contributed by atoms with Crippen molar-refractivity contribution in [3.05, 3.63) is 87.7 Å². The van der Waals surface area contributed by atoms with Crippen LogP contribution < -0.4 is 0 Å². The van der Waals surface area contributed by atoms with Gasteiger partial charge in [-0.05, 0) is 54.7 Å². The number of aryl methyl sites for hydroxylation is 1. The summed E-state index contributed by atoms with van der Waals surface area (Å²) in [5, 5.41) is 11.4. The largest absolute Gasteiger partial charge is 0.323 e. The van der Waals surface area contributed by atoms with Gasteiger partial charge in [0.05, 0.1) is 4.92 Å². The van der Waals surface area contributed by atoms with Gasteiger partial charge in [-0.15, -0.1) is 23.4 Å². The molecule has 0 radical (unpaired) electrons. The molecule has 0 N–H and O–H groups in total. The second-order valence-electron chi connectivity index (χ2n) is 7.63. The summed E-state index contributed by atoms with van der Waals surface area (Å²) < 4.78 is 2.21. The Morgan fingerprint density at radius 3 is 2.43 bits per heavy atom. The van der Waals surface area contributed by atoms with Gasteiger partial charge in [-0.3, -0.25) is 10.1 Å². The van der Waals surface area contributed by atoms with Crippen LogP contribution in [-0.2, 0) is 0 Å². The number of nitrogens with zero attached hydrogens (tertiary/aromatic N) is 2. The molecule has 1 aromatic heterocycles. The number of halogens is 1. The zero-order valence-corrected chi connectivity index (χ0v) is 16.9. The fourth-order valence-corrected chi connectivity index (χ4v) is 6.64. The molecule has 1 saturated carbocycles. The summed E-state index contributed by atoms with van der Waals surface area (Å²) in [6.07, 6.45) is 5.49. The van der Waals surface area contributed by atoms with E-state index < -0.39 is 0 Å². The Hall–Kier alpha value is -2.24. The number of fused-ring (bicyclic) bond motifs is 5. The molecule has 0 aliphatic heterocycles. The maximum Gasteiger partial charge on any atom is 0.269 e. The third-order valence-corrected chi connectivity index (χ3v) is 7.81. The Kier molecular flexibility index (Phi) is 4.25. The van der Waals surface area contributed by atoms with E-state index in [0.29, 0.717) is 17.1 Å². The monoisotopic (exact) mass is 410 g/mol. The summed E-state index contributed by atoms with van der Waals surface area (Å²) in [6.45, 7) is 2.10. The quantitative estimate of drug-likeness (QED) is 0.299. The number of hydrogen-bond acceptors (Lipinski definition) is 3. The summed E-state index contributed by atoms with van der Waals surface area (Å²) in [7, 11) is 0. The van der Waals surface area contributed by atoms with Gasteiger partial charge < -0.3 is 4.57 Å². The molecule has 0 unspecified atom stereocenters. The first-order chi connectivity index (χ1) is 13.5. The number of hydrogen-bond donors (Lipinski definition) is 0. The first-order valence-corrected chi connectivity index (χ1v) is 10.7. The van der Waals surface area contributed by atoms with Crippen LogP contribution in [-0.4, -0.2) is 20.1 Å². The van der Waals surface area contributed by atoms with Gasteiger partial charge in [0.25, 0.3) is 5.69 Å². The summed E-state index contributed by atoms with van der Waals surface area (Å²) >= 11 is 8.53. The van der Waals surface area contributed by atoms with E-state index in [1.807, 2.05) is 12.1 Å². The zero-order chi connectivity index (χ0) is 19.4. The van der Waals surface area contributed by atoms with Gasteiger partial charge in [0, 0.05) is 51.7 Å². The van der Waals surface area contributed by atoms with E-state index in [9.17, 15) is 10.1 Å². The number of aromatic nitrogens is 1. The maximum absolute atomic E-state index is 10.9. The van der Waals surface area contributed by atoms with E-state index in [4.69, 9.17) is 11.6 Å². The van der Waals surface area contributed by atoms with Crippen molar-refractivity contribution >= 4 is 29.1 Å². The van der Waals surface area contributed by atoms with Crippen LogP contribution in [0.3, 0.4) is 0 Å². The first-order valence-electron chi connectivity index (χ1n) is 9.35. The molecule has 2 aromatic carbocycles. The summed E-state index contributed by atoms with van der Waals surface area (Å²) in [5.74, 6) is 0.739. The van der Waals surface area contributed by atoms with Gasteiger partial charge in [0.1, 0.15) is 0 Å². The van der Waals surface area contributed by atoms with Crippen molar-refractivity contribution in [1.82, 2.24) is 4.57 Å². The van der Waals surface area contributed by atoms with Crippen molar-refractivity contribution in [1.29, 1.82) is 0 Å². The van der Waals surface area contributed by atoms with Crippen LogP contribution in [0.4, 0.5) is 5.69 Å². The molecule has 3 aromatic rings. The number of benzene rings is 2. The van der Waals surface area contributed by atoms with E-state index in [-0.39, 0.29) is 16.0 Å². The van der Waals surface area contributed by atoms with Gasteiger partial charge in [-0.2, -0.15) is 0 Å². The molecule has 142 valence electrons. The fraction of sp³-hybridized carbons (Fsp3) is 0.273. The average molecular weight is 411 g/mol. The van der Waals surface area contributed by atoms with Gasteiger partial charge in [0.2, 0.25) is 0 Å². The minimum absolute atomic E-state index is 0.130. The third-order valence-electron chi connectivity index (χ3n) is 5.92. The highest BCUT2D eigenvalue weighted by atomic mass is 35.5. The molecule has 2 aliphatic rings. The summed E-state index contributed by atoms with van der Waals surface area (Å²) in [4.78, 5) is 11.6. The predicted octanol–water partition coefficient (Wildman–Crippen LogP) is 6.05. The molecule has 2 aliphatic carbocycles. The lowest BCUT2D eigenvalue weighted by molar-refractivity contribution is -0.384. The molecule has 6 heteroatoms. The van der Waals surface area contributed by atoms with Gasteiger partial charge in [-0.1, -0.05) is 17.7 Å². The normalized spacial score (nSPS) is 25.1. The number of non-ortho nitro benzene ring substituents is 1. The van der Waals surface area contributed by atoms with Crippen molar-refractivity contribution in [3.63, 3.8) is 0 Å². The lowest BCUT2D eigenvalue weighted by Crippen LogP contribution is -2.12. The van der Waals surface area contributed by atoms with E-state index in [2.05, 4.69) is 48.1 Å². The van der Waals surface area contributed by atoms with E-state index in [1.54, 1.807) is 23.9 Å². The van der Waals surface area contributed by atoms with Gasteiger partial charge in [-0.25, -0.2) is 0 Å². The van der Waals surface area contributed by atoms with E-state index in [0.717, 1.165) is 11.3 Å². The van der Waals surface area contributed by atoms with E-state index >= 15 is 0 Å². The molecular formula is C22H19ClN2O2S. The topological polar surface area (TPSA) is 48.1 Å². The second-order valence-corrected chi connectivity index (χ2v) is 9.44. The number of rotatable bonds is 4. The predicted molar refractivity (Wildman–Crippen MR) is 113 cm³/mol. The van der Waals surface area contributed by atoms with Crippen molar-refractivity contribution in [3.8, 4) is 5.69 Å². The highest BCUT2D eigenvalue weighted by Gasteiger charge is 2.52. The minimum Gasteiger partial charge on any atom is -0.323 e. The van der Waals surface area contributed by atoms with Crippen molar-refractivity contribution < 1.29 is 4.92 Å². The average Bonchev–Trinajstić information content (AvgIpc) is 3.31. The third kappa shape index (κ3) is 2.85. The number of nitro groups is 1. The molecule has 1 heterocycles. The van der Waals surface area contributed by atoms with Crippen molar-refractivity contribution in [2.75, 3.05) is 0 Å². The standard InChI is InChI=1S/C22H19ClN2O2S/c1-13-2-4-14(5-3-13)24-11-18-17-10-20(23)21(19(18)12-24)22(17)28-16-8-6-15(7-9-16)25(26)27/h2-9,11-12,17,20-22H,10H2,1H3/t17-,20+,21-,22-/m0/s1. The Labute approximate surface area is 172 Å². The minimum atomic E-state index is -0.359. The van der Waals surface area contributed by atoms with Crippen molar-refractivity contribution in [2.24, 2.45) is 0 Å². The molecule has 0 spiro atoms. The summed E-state index contributed by atoms with van der Waals surface area (Å²) in [6, 6.07) is 15.4. The Morgan fingerprint density at radius 2 is 1.75 bits per heavy atom. The number of nitro benzene ring substituents is 1. The molecule has 4 atom stereocenters. The molecule has 4 nitrogen and oxygen atoms in total.